The third kappa shape index (κ3) is 5.32. The number of carbonyl (C=O) groups excluding carboxylic acids is 2. The van der Waals surface area contributed by atoms with Crippen LogP contribution in [-0.4, -0.2) is 58.0 Å². The molecule has 0 radical (unpaired) electrons. The number of hydrogen-bond donors (Lipinski definition) is 3. The third-order valence-electron chi connectivity index (χ3n) is 4.21. The number of carboxylic acid groups (broad SMARTS) is 1. The predicted octanol–water partition coefficient (Wildman–Crippen LogP) is 1.08. The Morgan fingerprint density at radius 1 is 1.43 bits per heavy atom. The van der Waals surface area contributed by atoms with Crippen molar-refractivity contribution in [1.82, 2.24) is 10.3 Å². The molecule has 0 aliphatic heterocycles. The first-order chi connectivity index (χ1) is 13.3. The summed E-state index contributed by atoms with van der Waals surface area (Å²) in [6.45, 7) is 0. The molecule has 0 spiro atoms. The van der Waals surface area contributed by atoms with Crippen LogP contribution in [0.15, 0.2) is 24.4 Å². The zero-order valence-corrected chi connectivity index (χ0v) is 15.0. The number of nitrogens with zero attached hydrogens (tertiary/aromatic N) is 2. The van der Waals surface area contributed by atoms with Gasteiger partial charge in [-0.15, -0.1) is 0 Å². The Labute approximate surface area is 159 Å². The summed E-state index contributed by atoms with van der Waals surface area (Å²) in [4.78, 5) is 40.6. The fourth-order valence-electron chi connectivity index (χ4n) is 2.75. The van der Waals surface area contributed by atoms with E-state index in [1.807, 2.05) is 0 Å². The maximum absolute atomic E-state index is 13.3. The second-order valence-corrected chi connectivity index (χ2v) is 6.08. The van der Waals surface area contributed by atoms with Gasteiger partial charge in [0, 0.05) is 37.1 Å². The predicted molar refractivity (Wildman–Crippen MR) is 96.2 cm³/mol. The first kappa shape index (κ1) is 20.9. The number of rotatable bonds is 10. The van der Waals surface area contributed by atoms with E-state index in [1.165, 1.54) is 19.2 Å². The SMILES string of the molecule is CO[C@@H](Cc1c[nH]c2cc(F)ccc12)C(=O)N[C@@H](CCC(=O)C=[N+]=[N-])C(=O)O. The van der Waals surface area contributed by atoms with E-state index < -0.39 is 35.6 Å². The van der Waals surface area contributed by atoms with Gasteiger partial charge in [0.05, 0.1) is 0 Å². The van der Waals surface area contributed by atoms with Crippen molar-refractivity contribution in [1.29, 1.82) is 0 Å². The summed E-state index contributed by atoms with van der Waals surface area (Å²) in [5.41, 5.74) is 9.57. The van der Waals surface area contributed by atoms with Crippen molar-refractivity contribution in [3.8, 4) is 0 Å². The van der Waals surface area contributed by atoms with Crippen molar-refractivity contribution in [2.24, 2.45) is 0 Å². The van der Waals surface area contributed by atoms with Gasteiger partial charge in [-0.25, -0.2) is 9.18 Å². The number of carbonyl (C=O) groups is 3. The molecule has 0 saturated heterocycles. The second-order valence-electron chi connectivity index (χ2n) is 6.08. The van der Waals surface area contributed by atoms with Crippen LogP contribution < -0.4 is 5.32 Å². The molecule has 0 unspecified atom stereocenters. The molecule has 2 atom stereocenters. The van der Waals surface area contributed by atoms with Crippen LogP contribution in [0.3, 0.4) is 0 Å². The molecule has 0 bridgehead atoms. The topological polar surface area (TPSA) is 145 Å². The minimum Gasteiger partial charge on any atom is -0.480 e. The summed E-state index contributed by atoms with van der Waals surface area (Å²) in [6, 6.07) is 2.90. The van der Waals surface area contributed by atoms with Crippen molar-refractivity contribution < 1.29 is 33.4 Å². The van der Waals surface area contributed by atoms with E-state index in [2.05, 4.69) is 15.1 Å². The van der Waals surface area contributed by atoms with Gasteiger partial charge in [0.2, 0.25) is 11.7 Å². The highest BCUT2D eigenvalue weighted by Crippen LogP contribution is 2.21. The molecule has 3 N–H and O–H groups in total. The summed E-state index contributed by atoms with van der Waals surface area (Å²) in [6.07, 6.45) is 1.06. The number of carboxylic acids is 1. The lowest BCUT2D eigenvalue weighted by Crippen LogP contribution is -2.46. The maximum Gasteiger partial charge on any atom is 0.326 e. The van der Waals surface area contributed by atoms with E-state index in [4.69, 9.17) is 10.3 Å². The van der Waals surface area contributed by atoms with Gasteiger partial charge in [-0.05, 0) is 30.2 Å². The number of fused-ring (bicyclic) bond motifs is 1. The van der Waals surface area contributed by atoms with E-state index in [1.54, 1.807) is 12.3 Å². The summed E-state index contributed by atoms with van der Waals surface area (Å²) in [5.74, 6) is -2.93. The molecule has 0 aliphatic carbocycles. The zero-order chi connectivity index (χ0) is 20.7. The van der Waals surface area contributed by atoms with E-state index in [-0.39, 0.29) is 19.3 Å². The number of aliphatic carboxylic acids is 1. The van der Waals surface area contributed by atoms with Crippen LogP contribution in [-0.2, 0) is 25.5 Å². The molecule has 148 valence electrons. The molecule has 9 nitrogen and oxygen atoms in total. The standard InChI is InChI=1S/C18H19FN4O5/c1-28-16(6-10-8-21-15-7-11(19)2-4-13(10)15)17(25)23-14(18(26)27)5-3-12(24)9-22-20/h2,4,7-9,14,16,21H,3,5-6H2,1H3,(H,23,25)(H,26,27)/t14-,16-/m0/s1. The quantitative estimate of drug-likeness (QED) is 0.316. The van der Waals surface area contributed by atoms with Gasteiger partial charge in [0.15, 0.2) is 0 Å². The highest BCUT2D eigenvalue weighted by atomic mass is 19.1. The van der Waals surface area contributed by atoms with E-state index in [9.17, 15) is 23.9 Å². The number of aromatic nitrogens is 1. The van der Waals surface area contributed by atoms with Crippen LogP contribution in [0.25, 0.3) is 16.4 Å². The van der Waals surface area contributed by atoms with E-state index in [0.717, 1.165) is 5.39 Å². The van der Waals surface area contributed by atoms with Crippen molar-refractivity contribution in [3.63, 3.8) is 0 Å². The first-order valence-electron chi connectivity index (χ1n) is 8.37. The lowest BCUT2D eigenvalue weighted by Gasteiger charge is -2.19. The Morgan fingerprint density at radius 3 is 2.82 bits per heavy atom. The number of methoxy groups -OCH3 is 1. The van der Waals surface area contributed by atoms with Crippen LogP contribution in [0, 0.1) is 5.82 Å². The Kier molecular flexibility index (Phi) is 7.14. The Hall–Kier alpha value is -3.36. The average Bonchev–Trinajstić information content (AvgIpc) is 3.04. The zero-order valence-electron chi connectivity index (χ0n) is 15.0. The molecule has 2 rings (SSSR count). The number of amides is 1. The average molecular weight is 390 g/mol. The van der Waals surface area contributed by atoms with Crippen LogP contribution >= 0.6 is 0 Å². The largest absolute Gasteiger partial charge is 0.480 e. The normalized spacial score (nSPS) is 12.8. The Balaban J connectivity index is 2.07. The molecule has 2 aromatic rings. The van der Waals surface area contributed by atoms with Crippen molar-refractivity contribution >= 4 is 34.8 Å². The first-order valence-corrected chi connectivity index (χ1v) is 8.37. The summed E-state index contributed by atoms with van der Waals surface area (Å²) < 4.78 is 18.5. The number of aromatic amines is 1. The molecule has 1 aromatic carbocycles. The van der Waals surface area contributed by atoms with Crippen LogP contribution in [0.5, 0.6) is 0 Å². The summed E-state index contributed by atoms with van der Waals surface area (Å²) in [5, 5.41) is 12.3. The molecule has 0 aliphatic rings. The van der Waals surface area contributed by atoms with Gasteiger partial charge in [-0.2, -0.15) is 4.79 Å². The van der Waals surface area contributed by atoms with Crippen molar-refractivity contribution in [3.05, 3.63) is 41.3 Å². The van der Waals surface area contributed by atoms with Gasteiger partial charge in [0.25, 0.3) is 0 Å². The van der Waals surface area contributed by atoms with Gasteiger partial charge in [-0.1, -0.05) is 0 Å². The van der Waals surface area contributed by atoms with E-state index >= 15 is 0 Å². The van der Waals surface area contributed by atoms with Crippen LogP contribution in [0.4, 0.5) is 4.39 Å². The van der Waals surface area contributed by atoms with Crippen molar-refractivity contribution in [2.45, 2.75) is 31.4 Å². The number of Topliss-reactive ketones (excluding diaryl/α,β-unsaturated/α-hetero) is 1. The minimum atomic E-state index is -1.31. The smallest absolute Gasteiger partial charge is 0.326 e. The minimum absolute atomic E-state index is 0.135. The van der Waals surface area contributed by atoms with Crippen molar-refractivity contribution in [2.75, 3.05) is 7.11 Å². The molecule has 10 heteroatoms. The number of ketones is 1. The monoisotopic (exact) mass is 390 g/mol. The molecule has 1 heterocycles. The van der Waals surface area contributed by atoms with Gasteiger partial charge in [-0.3, -0.25) is 9.59 Å². The lowest BCUT2D eigenvalue weighted by atomic mass is 10.0. The number of nitrogens with one attached hydrogen (secondary N) is 2. The van der Waals surface area contributed by atoms with Crippen LogP contribution in [0.2, 0.25) is 0 Å². The molecular weight excluding hydrogens is 371 g/mol. The number of ether oxygens (including phenoxy) is 1. The molecular formula is C18H19FN4O5. The molecule has 1 aromatic heterocycles. The highest BCUT2D eigenvalue weighted by Gasteiger charge is 2.26. The Bertz CT molecular complexity index is 935. The second kappa shape index (κ2) is 9.54. The molecule has 1 amide bonds. The lowest BCUT2D eigenvalue weighted by molar-refractivity contribution is -0.144. The van der Waals surface area contributed by atoms with Gasteiger partial charge in [0.1, 0.15) is 18.0 Å². The highest BCUT2D eigenvalue weighted by molar-refractivity contribution is 6.25. The maximum atomic E-state index is 13.3. The Morgan fingerprint density at radius 2 is 2.18 bits per heavy atom. The van der Waals surface area contributed by atoms with Gasteiger partial charge >= 0.3 is 12.2 Å². The summed E-state index contributed by atoms with van der Waals surface area (Å²) in [7, 11) is 1.32. The molecule has 0 saturated carbocycles. The fraction of sp³-hybridized carbons (Fsp3) is 0.333. The fourth-order valence-corrected chi connectivity index (χ4v) is 2.75. The van der Waals surface area contributed by atoms with E-state index in [0.29, 0.717) is 17.3 Å². The number of hydrogen-bond acceptors (Lipinski definition) is 4. The summed E-state index contributed by atoms with van der Waals surface area (Å²) >= 11 is 0. The molecule has 28 heavy (non-hydrogen) atoms. The van der Waals surface area contributed by atoms with Crippen LogP contribution in [0.1, 0.15) is 18.4 Å². The van der Waals surface area contributed by atoms with Gasteiger partial charge < -0.3 is 25.7 Å². The number of benzene rings is 1. The molecule has 0 fully saturated rings. The third-order valence-corrected chi connectivity index (χ3v) is 4.21. The number of H-pyrrole nitrogens is 1. The number of halogens is 1.